The summed E-state index contributed by atoms with van der Waals surface area (Å²) in [5, 5.41) is 1.15. The summed E-state index contributed by atoms with van der Waals surface area (Å²) in [6.07, 6.45) is 5.06. The molecule has 1 aromatic heterocycles. The lowest BCUT2D eigenvalue weighted by atomic mass is 10.1. The van der Waals surface area contributed by atoms with Gasteiger partial charge in [0, 0.05) is 5.39 Å². The standard InChI is InChI=1S/C11H11O/c1-2-3-9-4-5-11-10(8-9)6-7-12-11/h4-6,8H,2-3H2,1H3. The van der Waals surface area contributed by atoms with Gasteiger partial charge >= 0.3 is 0 Å². The van der Waals surface area contributed by atoms with Crippen molar-refractivity contribution >= 4 is 11.0 Å². The Labute approximate surface area is 72.0 Å². The summed E-state index contributed by atoms with van der Waals surface area (Å²) in [6.45, 7) is 2.19. The van der Waals surface area contributed by atoms with Gasteiger partial charge in [0.05, 0.1) is 0 Å². The maximum Gasteiger partial charge on any atom is 0.170 e. The van der Waals surface area contributed by atoms with Gasteiger partial charge in [-0.25, -0.2) is 0 Å². The van der Waals surface area contributed by atoms with Crippen molar-refractivity contribution in [1.29, 1.82) is 0 Å². The number of benzene rings is 1. The van der Waals surface area contributed by atoms with Crippen LogP contribution in [0.25, 0.3) is 11.0 Å². The van der Waals surface area contributed by atoms with Gasteiger partial charge in [0.1, 0.15) is 5.58 Å². The van der Waals surface area contributed by atoms with Crippen LogP contribution in [0.2, 0.25) is 0 Å². The van der Waals surface area contributed by atoms with Crippen LogP contribution < -0.4 is 0 Å². The van der Waals surface area contributed by atoms with Gasteiger partial charge in [-0.05, 0) is 30.2 Å². The van der Waals surface area contributed by atoms with E-state index in [0.29, 0.717) is 0 Å². The lowest BCUT2D eigenvalue weighted by molar-refractivity contribution is 0.606. The number of rotatable bonds is 2. The maximum absolute atomic E-state index is 5.13. The monoisotopic (exact) mass is 159 g/mol. The Hall–Kier alpha value is -1.24. The molecule has 0 aliphatic carbocycles. The van der Waals surface area contributed by atoms with Crippen molar-refractivity contribution in [2.45, 2.75) is 19.8 Å². The molecule has 12 heavy (non-hydrogen) atoms. The van der Waals surface area contributed by atoms with E-state index in [2.05, 4.69) is 25.3 Å². The molecule has 1 aromatic carbocycles. The number of furan rings is 1. The zero-order valence-corrected chi connectivity index (χ0v) is 7.13. The number of fused-ring (bicyclic) bond motifs is 1. The quantitative estimate of drug-likeness (QED) is 0.655. The molecular weight excluding hydrogens is 148 g/mol. The van der Waals surface area contributed by atoms with Crippen molar-refractivity contribution in [3.05, 3.63) is 36.1 Å². The second-order valence-corrected chi connectivity index (χ2v) is 2.99. The predicted octanol–water partition coefficient (Wildman–Crippen LogP) is 3.19. The molecule has 0 saturated carbocycles. The summed E-state index contributed by atoms with van der Waals surface area (Å²) < 4.78 is 5.13. The molecule has 0 aliphatic heterocycles. The second-order valence-electron chi connectivity index (χ2n) is 2.99. The van der Waals surface area contributed by atoms with E-state index in [-0.39, 0.29) is 0 Å². The van der Waals surface area contributed by atoms with Crippen molar-refractivity contribution in [3.8, 4) is 0 Å². The van der Waals surface area contributed by atoms with Crippen LogP contribution in [0.1, 0.15) is 18.9 Å². The fraction of sp³-hybridized carbons (Fsp3) is 0.273. The van der Waals surface area contributed by atoms with E-state index in [9.17, 15) is 0 Å². The normalized spacial score (nSPS) is 10.8. The predicted molar refractivity (Wildman–Crippen MR) is 49.0 cm³/mol. The first-order chi connectivity index (χ1) is 5.90. The van der Waals surface area contributed by atoms with E-state index in [1.807, 2.05) is 12.1 Å². The van der Waals surface area contributed by atoms with Gasteiger partial charge < -0.3 is 4.42 Å². The molecule has 0 aliphatic rings. The van der Waals surface area contributed by atoms with Crippen molar-refractivity contribution in [2.24, 2.45) is 0 Å². The topological polar surface area (TPSA) is 13.1 Å². The van der Waals surface area contributed by atoms with Crippen LogP contribution in [0.4, 0.5) is 0 Å². The first kappa shape index (κ1) is 7.41. The Bertz CT molecular complexity index is 373. The highest BCUT2D eigenvalue weighted by atomic mass is 16.3. The Kier molecular flexibility index (Phi) is 1.86. The second kappa shape index (κ2) is 3.02. The van der Waals surface area contributed by atoms with Gasteiger partial charge in [-0.15, -0.1) is 0 Å². The summed E-state index contributed by atoms with van der Waals surface area (Å²) in [4.78, 5) is 0. The highest BCUT2D eigenvalue weighted by molar-refractivity contribution is 5.77. The highest BCUT2D eigenvalue weighted by Gasteiger charge is 1.97. The molecule has 0 atom stereocenters. The fourth-order valence-electron chi connectivity index (χ4n) is 1.40. The molecule has 0 fully saturated rings. The van der Waals surface area contributed by atoms with Crippen LogP contribution in [0.3, 0.4) is 0 Å². The van der Waals surface area contributed by atoms with Crippen LogP contribution >= 0.6 is 0 Å². The van der Waals surface area contributed by atoms with E-state index in [0.717, 1.165) is 17.4 Å². The van der Waals surface area contributed by atoms with Crippen LogP contribution in [-0.4, -0.2) is 0 Å². The van der Waals surface area contributed by atoms with Crippen LogP contribution in [0, 0.1) is 6.26 Å². The molecule has 2 aromatic rings. The Balaban J connectivity index is 2.46. The molecule has 0 amide bonds. The largest absolute Gasteiger partial charge is 0.453 e. The first-order valence-electron chi connectivity index (χ1n) is 4.28. The van der Waals surface area contributed by atoms with Crippen molar-refractivity contribution in [1.82, 2.24) is 0 Å². The zero-order valence-electron chi connectivity index (χ0n) is 7.13. The van der Waals surface area contributed by atoms with Crippen molar-refractivity contribution in [3.63, 3.8) is 0 Å². The van der Waals surface area contributed by atoms with E-state index >= 15 is 0 Å². The molecule has 0 bridgehead atoms. The Morgan fingerprint density at radius 1 is 1.42 bits per heavy atom. The summed E-state index contributed by atoms with van der Waals surface area (Å²) in [6, 6.07) is 8.17. The summed E-state index contributed by atoms with van der Waals surface area (Å²) in [5.74, 6) is 0. The zero-order chi connectivity index (χ0) is 8.39. The van der Waals surface area contributed by atoms with Gasteiger partial charge in [0.2, 0.25) is 0 Å². The summed E-state index contributed by atoms with van der Waals surface area (Å²) in [5.41, 5.74) is 2.30. The van der Waals surface area contributed by atoms with Crippen LogP contribution in [-0.2, 0) is 6.42 Å². The minimum atomic E-state index is 0.926. The molecule has 0 spiro atoms. The van der Waals surface area contributed by atoms with Gasteiger partial charge in [-0.3, -0.25) is 0 Å². The molecule has 2 rings (SSSR count). The molecule has 1 heteroatoms. The highest BCUT2D eigenvalue weighted by Crippen LogP contribution is 2.17. The molecule has 61 valence electrons. The Morgan fingerprint density at radius 2 is 2.33 bits per heavy atom. The van der Waals surface area contributed by atoms with Crippen LogP contribution in [0.15, 0.2) is 28.7 Å². The number of hydrogen-bond donors (Lipinski definition) is 0. The number of aryl methyl sites for hydroxylation is 1. The third-order valence-electron chi connectivity index (χ3n) is 2.00. The SMILES string of the molecule is CCCc1ccc2o[c]cc2c1. The summed E-state index contributed by atoms with van der Waals surface area (Å²) >= 11 is 0. The molecule has 1 heterocycles. The molecule has 1 radical (unpaired) electrons. The van der Waals surface area contributed by atoms with Gasteiger partial charge in [0.15, 0.2) is 6.26 Å². The van der Waals surface area contributed by atoms with Crippen molar-refractivity contribution < 1.29 is 4.42 Å². The number of hydrogen-bond acceptors (Lipinski definition) is 1. The van der Waals surface area contributed by atoms with Gasteiger partial charge in [0.25, 0.3) is 0 Å². The van der Waals surface area contributed by atoms with Gasteiger partial charge in [-0.1, -0.05) is 19.4 Å². The molecular formula is C11H11O. The molecule has 1 nitrogen and oxygen atoms in total. The molecule has 0 unspecified atom stereocenters. The molecule has 0 N–H and O–H groups in total. The van der Waals surface area contributed by atoms with Gasteiger partial charge in [-0.2, -0.15) is 0 Å². The third kappa shape index (κ3) is 1.22. The van der Waals surface area contributed by atoms with E-state index in [1.54, 1.807) is 0 Å². The average molecular weight is 159 g/mol. The fourth-order valence-corrected chi connectivity index (χ4v) is 1.40. The van der Waals surface area contributed by atoms with E-state index < -0.39 is 0 Å². The van der Waals surface area contributed by atoms with E-state index in [1.165, 1.54) is 12.0 Å². The third-order valence-corrected chi connectivity index (χ3v) is 2.00. The Morgan fingerprint density at radius 3 is 3.17 bits per heavy atom. The maximum atomic E-state index is 5.13. The lowest BCUT2D eigenvalue weighted by Gasteiger charge is -1.96. The lowest BCUT2D eigenvalue weighted by Crippen LogP contribution is -1.80. The summed E-state index contributed by atoms with van der Waals surface area (Å²) in [7, 11) is 0. The average Bonchev–Trinajstić information content (AvgIpc) is 2.51. The smallest absolute Gasteiger partial charge is 0.170 e. The molecule has 0 saturated heterocycles. The van der Waals surface area contributed by atoms with E-state index in [4.69, 9.17) is 4.42 Å². The van der Waals surface area contributed by atoms with Crippen molar-refractivity contribution in [2.75, 3.05) is 0 Å². The first-order valence-corrected chi connectivity index (χ1v) is 4.28. The van der Waals surface area contributed by atoms with Crippen LogP contribution in [0.5, 0.6) is 0 Å². The minimum absolute atomic E-state index is 0.926. The minimum Gasteiger partial charge on any atom is -0.453 e.